The first-order valence-electron chi connectivity index (χ1n) is 13.3. The Morgan fingerprint density at radius 2 is 1.82 bits per heavy atom. The Morgan fingerprint density at radius 1 is 1.10 bits per heavy atom. The zero-order chi connectivity index (χ0) is 27.9. The monoisotopic (exact) mass is 538 g/mol. The fourth-order valence-corrected chi connectivity index (χ4v) is 5.39. The number of amides is 2. The summed E-state index contributed by atoms with van der Waals surface area (Å²) < 4.78 is 20.9. The molecule has 4 N–H and O–H groups in total. The Labute approximate surface area is 228 Å². The highest BCUT2D eigenvalue weighted by molar-refractivity contribution is 5.90. The molecule has 12 heteroatoms. The van der Waals surface area contributed by atoms with Crippen LogP contribution in [0.2, 0.25) is 0 Å². The molecular weight excluding hydrogens is 500 g/mol. The second-order valence-electron chi connectivity index (χ2n) is 11.1. The number of carbonyl (C=O) groups excluding carboxylic acids is 1. The lowest BCUT2D eigenvalue weighted by atomic mass is 10.0. The quantitative estimate of drug-likeness (QED) is 0.420. The molecule has 2 saturated heterocycles. The van der Waals surface area contributed by atoms with Crippen molar-refractivity contribution in [1.29, 1.82) is 0 Å². The first kappa shape index (κ1) is 27.3. The van der Waals surface area contributed by atoms with Gasteiger partial charge in [0.1, 0.15) is 30.2 Å². The molecule has 3 aromatic rings. The van der Waals surface area contributed by atoms with Crippen molar-refractivity contribution in [3.05, 3.63) is 42.5 Å². The summed E-state index contributed by atoms with van der Waals surface area (Å²) in [6.45, 7) is 9.94. The summed E-state index contributed by atoms with van der Waals surface area (Å²) in [7, 11) is 2.03. The zero-order valence-corrected chi connectivity index (χ0v) is 23.2. The molecule has 0 spiro atoms. The van der Waals surface area contributed by atoms with E-state index in [1.54, 1.807) is 11.2 Å². The molecule has 210 valence electrons. The number of hydrogen-bond acceptors (Lipinski definition) is 9. The van der Waals surface area contributed by atoms with Gasteiger partial charge >= 0.3 is 6.03 Å². The van der Waals surface area contributed by atoms with Crippen molar-refractivity contribution in [2.24, 2.45) is 5.73 Å². The molecule has 1 aromatic carbocycles. The number of rotatable bonds is 9. The van der Waals surface area contributed by atoms with E-state index < -0.39 is 18.0 Å². The molecule has 39 heavy (non-hydrogen) atoms. The maximum atomic E-state index is 12.2. The molecule has 2 amide bonds. The van der Waals surface area contributed by atoms with Gasteiger partial charge in [0.05, 0.1) is 6.33 Å². The van der Waals surface area contributed by atoms with E-state index in [4.69, 9.17) is 25.7 Å². The van der Waals surface area contributed by atoms with Crippen LogP contribution >= 0.6 is 0 Å². The molecule has 0 radical (unpaired) electrons. The van der Waals surface area contributed by atoms with E-state index in [-0.39, 0.29) is 18.3 Å². The van der Waals surface area contributed by atoms with Crippen LogP contribution in [0.25, 0.3) is 11.2 Å². The predicted octanol–water partition coefficient (Wildman–Crippen LogP) is 2.86. The summed E-state index contributed by atoms with van der Waals surface area (Å²) in [6, 6.07) is 7.53. The van der Waals surface area contributed by atoms with Crippen LogP contribution in [0, 0.1) is 0 Å². The Hall–Kier alpha value is -3.32. The average Bonchev–Trinajstić information content (AvgIpc) is 3.54. The molecule has 5 rings (SSSR count). The minimum absolute atomic E-state index is 0.251. The number of anilines is 2. The van der Waals surface area contributed by atoms with E-state index in [1.807, 2.05) is 49.7 Å². The molecule has 0 aliphatic carbocycles. The molecule has 0 unspecified atom stereocenters. The third-order valence-electron chi connectivity index (χ3n) is 7.34. The van der Waals surface area contributed by atoms with Crippen LogP contribution in [-0.4, -0.2) is 81.2 Å². The van der Waals surface area contributed by atoms with Crippen molar-refractivity contribution in [2.45, 2.75) is 70.4 Å². The van der Waals surface area contributed by atoms with Crippen LogP contribution in [0.3, 0.4) is 0 Å². The highest BCUT2D eigenvalue weighted by Gasteiger charge is 2.56. The lowest BCUT2D eigenvalue weighted by molar-refractivity contribution is -0.197. The molecule has 0 saturated carbocycles. The van der Waals surface area contributed by atoms with Gasteiger partial charge in [0, 0.05) is 18.8 Å². The van der Waals surface area contributed by atoms with E-state index in [0.717, 1.165) is 18.7 Å². The summed E-state index contributed by atoms with van der Waals surface area (Å²) in [6.07, 6.45) is 2.47. The number of carbonyl (C=O) groups is 1. The SMILES string of the molecule is CC(C)c1ccc(N(CCCN(C)C[C@H]2O[C@@H](n3cnc4c(N)ncnc43)[C@@H]3OC(C)(C)O[C@@H]32)C(N)=O)cc1. The van der Waals surface area contributed by atoms with Gasteiger partial charge in [-0.1, -0.05) is 26.0 Å². The second kappa shape index (κ2) is 10.7. The Bertz CT molecular complexity index is 1310. The summed E-state index contributed by atoms with van der Waals surface area (Å²) in [4.78, 5) is 28.8. The van der Waals surface area contributed by atoms with Gasteiger partial charge in [-0.3, -0.25) is 9.47 Å². The molecule has 0 bridgehead atoms. The second-order valence-corrected chi connectivity index (χ2v) is 11.1. The van der Waals surface area contributed by atoms with E-state index in [9.17, 15) is 4.79 Å². The van der Waals surface area contributed by atoms with Gasteiger partial charge < -0.3 is 30.6 Å². The maximum absolute atomic E-state index is 12.2. The molecule has 2 aliphatic rings. The minimum atomic E-state index is -0.744. The third kappa shape index (κ3) is 5.55. The number of likely N-dealkylation sites (N-methyl/N-ethyl adjacent to an activating group) is 1. The number of imidazole rings is 1. The van der Waals surface area contributed by atoms with Gasteiger partial charge in [0.15, 0.2) is 23.5 Å². The fraction of sp³-hybridized carbons (Fsp3) is 0.556. The number of fused-ring (bicyclic) bond motifs is 2. The van der Waals surface area contributed by atoms with Gasteiger partial charge in [-0.2, -0.15) is 0 Å². The van der Waals surface area contributed by atoms with E-state index in [1.165, 1.54) is 11.9 Å². The number of hydrogen-bond donors (Lipinski definition) is 2. The van der Waals surface area contributed by atoms with Crippen LogP contribution < -0.4 is 16.4 Å². The normalized spacial score (nSPS) is 24.1. The maximum Gasteiger partial charge on any atom is 0.319 e. The fourth-order valence-electron chi connectivity index (χ4n) is 5.39. The number of nitrogens with two attached hydrogens (primary N) is 2. The van der Waals surface area contributed by atoms with Crippen molar-refractivity contribution in [3.8, 4) is 0 Å². The van der Waals surface area contributed by atoms with Crippen molar-refractivity contribution in [3.63, 3.8) is 0 Å². The van der Waals surface area contributed by atoms with Crippen LogP contribution in [0.4, 0.5) is 16.3 Å². The molecule has 2 aliphatic heterocycles. The van der Waals surface area contributed by atoms with Crippen LogP contribution in [0.15, 0.2) is 36.9 Å². The number of nitrogen functional groups attached to an aromatic ring is 1. The van der Waals surface area contributed by atoms with Gasteiger partial charge in [-0.05, 0) is 57.5 Å². The van der Waals surface area contributed by atoms with Crippen molar-refractivity contribution >= 4 is 28.7 Å². The Morgan fingerprint density at radius 3 is 2.51 bits per heavy atom. The van der Waals surface area contributed by atoms with Crippen molar-refractivity contribution in [2.75, 3.05) is 37.3 Å². The summed E-state index contributed by atoms with van der Waals surface area (Å²) in [5.41, 5.74) is 14.8. The lowest BCUT2D eigenvalue weighted by Gasteiger charge is -2.27. The largest absolute Gasteiger partial charge is 0.382 e. The van der Waals surface area contributed by atoms with Gasteiger partial charge in [0.2, 0.25) is 0 Å². The number of aromatic nitrogens is 4. The number of ether oxygens (including phenoxy) is 3. The summed E-state index contributed by atoms with van der Waals surface area (Å²) in [5.74, 6) is -0.00841. The molecule has 2 aromatic heterocycles. The highest BCUT2D eigenvalue weighted by Crippen LogP contribution is 2.44. The standard InChI is InChI=1S/C27H38N8O4/c1-16(2)17-7-9-18(10-8-17)34(26(29)36)12-6-11-33(5)13-19-21-22(39-27(3,4)38-21)25(37-19)35-15-32-20-23(28)30-14-31-24(20)35/h7-10,14-16,19,21-22,25H,6,11-13H2,1-5H3,(H2,29,36)(H2,28,30,31)/t19-,21-,22-,25-/m1/s1. The number of benzene rings is 1. The van der Waals surface area contributed by atoms with E-state index in [2.05, 4.69) is 33.7 Å². The molecule has 4 atom stereocenters. The predicted molar refractivity (Wildman–Crippen MR) is 147 cm³/mol. The summed E-state index contributed by atoms with van der Waals surface area (Å²) in [5, 5.41) is 0. The van der Waals surface area contributed by atoms with Gasteiger partial charge in [0.25, 0.3) is 0 Å². The zero-order valence-electron chi connectivity index (χ0n) is 23.2. The van der Waals surface area contributed by atoms with Gasteiger partial charge in [-0.25, -0.2) is 19.7 Å². The van der Waals surface area contributed by atoms with Crippen LogP contribution in [0.1, 0.15) is 51.8 Å². The smallest absolute Gasteiger partial charge is 0.319 e. The van der Waals surface area contributed by atoms with E-state index in [0.29, 0.717) is 36.0 Å². The van der Waals surface area contributed by atoms with Gasteiger partial charge in [-0.15, -0.1) is 0 Å². The third-order valence-corrected chi connectivity index (χ3v) is 7.34. The van der Waals surface area contributed by atoms with E-state index >= 15 is 0 Å². The highest BCUT2D eigenvalue weighted by atomic mass is 16.8. The number of nitrogens with zero attached hydrogens (tertiary/aromatic N) is 6. The first-order chi connectivity index (χ1) is 18.5. The summed E-state index contributed by atoms with van der Waals surface area (Å²) >= 11 is 0. The van der Waals surface area contributed by atoms with Crippen LogP contribution in [-0.2, 0) is 14.2 Å². The van der Waals surface area contributed by atoms with Crippen molar-refractivity contribution < 1.29 is 19.0 Å². The van der Waals surface area contributed by atoms with Crippen LogP contribution in [0.5, 0.6) is 0 Å². The molecular formula is C27H38N8O4. The molecule has 12 nitrogen and oxygen atoms in total. The topological polar surface area (TPSA) is 147 Å². The van der Waals surface area contributed by atoms with Crippen molar-refractivity contribution in [1.82, 2.24) is 24.4 Å². The Kier molecular flexibility index (Phi) is 7.47. The Balaban J connectivity index is 1.23. The molecule has 4 heterocycles. The number of urea groups is 1. The molecule has 2 fully saturated rings. The first-order valence-corrected chi connectivity index (χ1v) is 13.3. The average molecular weight is 539 g/mol. The lowest BCUT2D eigenvalue weighted by Crippen LogP contribution is -2.40. The number of primary amides is 1. The minimum Gasteiger partial charge on any atom is -0.382 e.